The van der Waals surface area contributed by atoms with E-state index >= 15 is 0 Å². The molecule has 1 fully saturated rings. The summed E-state index contributed by atoms with van der Waals surface area (Å²) in [6, 6.07) is 12.2. The molecule has 0 bridgehead atoms. The Bertz CT molecular complexity index is 1320. The van der Waals surface area contributed by atoms with Gasteiger partial charge >= 0.3 is 0 Å². The van der Waals surface area contributed by atoms with E-state index in [-0.39, 0.29) is 10.5 Å². The average molecular weight is 455 g/mol. The van der Waals surface area contributed by atoms with Crippen molar-refractivity contribution in [2.24, 2.45) is 4.99 Å². The Morgan fingerprint density at radius 1 is 1.03 bits per heavy atom. The van der Waals surface area contributed by atoms with Crippen molar-refractivity contribution in [1.29, 1.82) is 0 Å². The summed E-state index contributed by atoms with van der Waals surface area (Å²) in [7, 11) is -3.55. The number of aryl methyl sites for hydroxylation is 3. The maximum absolute atomic E-state index is 13.0. The first-order chi connectivity index (χ1) is 15.3. The van der Waals surface area contributed by atoms with E-state index in [4.69, 9.17) is 4.74 Å². The summed E-state index contributed by atoms with van der Waals surface area (Å²) < 4.78 is 33.6. The summed E-state index contributed by atoms with van der Waals surface area (Å²) >= 11 is 0. The molecule has 1 N–H and O–H groups in total. The molecule has 0 atom stereocenters. The summed E-state index contributed by atoms with van der Waals surface area (Å²) in [5.74, 6) is 0. The molecule has 1 aliphatic rings. The van der Waals surface area contributed by atoms with Gasteiger partial charge in [-0.3, -0.25) is 14.9 Å². The van der Waals surface area contributed by atoms with Gasteiger partial charge in [-0.1, -0.05) is 17.7 Å². The molecule has 2 aromatic carbocycles. The second kappa shape index (κ2) is 8.85. The molecule has 1 aliphatic heterocycles. The Kier molecular flexibility index (Phi) is 6.14. The highest BCUT2D eigenvalue weighted by Crippen LogP contribution is 2.21. The first-order valence-electron chi connectivity index (χ1n) is 10.4. The topological polar surface area (TPSA) is 96.8 Å². The van der Waals surface area contributed by atoms with Crippen molar-refractivity contribution in [3.8, 4) is 5.69 Å². The lowest BCUT2D eigenvalue weighted by molar-refractivity contribution is 0.0730. The number of aromatic nitrogens is 2. The zero-order valence-corrected chi connectivity index (χ0v) is 19.1. The Hall–Kier alpha value is -3.01. The van der Waals surface area contributed by atoms with E-state index < -0.39 is 10.0 Å². The Morgan fingerprint density at radius 2 is 1.72 bits per heavy atom. The monoisotopic (exact) mass is 454 g/mol. The lowest BCUT2D eigenvalue weighted by Crippen LogP contribution is -2.40. The van der Waals surface area contributed by atoms with Gasteiger partial charge in [-0.25, -0.2) is 13.1 Å². The van der Waals surface area contributed by atoms with Crippen molar-refractivity contribution in [2.45, 2.75) is 25.7 Å². The van der Waals surface area contributed by atoms with Crippen LogP contribution in [0.4, 0.5) is 5.69 Å². The molecule has 168 valence electrons. The van der Waals surface area contributed by atoms with Crippen molar-refractivity contribution < 1.29 is 13.2 Å². The van der Waals surface area contributed by atoms with Crippen molar-refractivity contribution in [3.05, 3.63) is 75.2 Å². The molecule has 1 saturated heterocycles. The van der Waals surface area contributed by atoms with Crippen LogP contribution in [0.2, 0.25) is 0 Å². The summed E-state index contributed by atoms with van der Waals surface area (Å²) in [6.07, 6.45) is 1.51. The van der Waals surface area contributed by atoms with Crippen LogP contribution in [0.3, 0.4) is 0 Å². The predicted octanol–water partition coefficient (Wildman–Crippen LogP) is 2.86. The SMILES string of the molecule is Cc1ccc(-n2[nH]c(C)c(C=Nc3ccc(S(=O)(=O)N4CCOCC4)cc3)c2=O)c(C)c1. The van der Waals surface area contributed by atoms with E-state index in [2.05, 4.69) is 10.1 Å². The number of nitrogens with one attached hydrogen (secondary N) is 1. The van der Waals surface area contributed by atoms with Crippen LogP contribution >= 0.6 is 0 Å². The molecular formula is C23H26N4O4S. The van der Waals surface area contributed by atoms with Crippen molar-refractivity contribution in [1.82, 2.24) is 14.1 Å². The second-order valence-electron chi connectivity index (χ2n) is 7.85. The predicted molar refractivity (Wildman–Crippen MR) is 124 cm³/mol. The van der Waals surface area contributed by atoms with Crippen molar-refractivity contribution in [2.75, 3.05) is 26.3 Å². The fraction of sp³-hybridized carbons (Fsp3) is 0.304. The van der Waals surface area contributed by atoms with Gasteiger partial charge < -0.3 is 4.74 Å². The van der Waals surface area contributed by atoms with Gasteiger partial charge in [0.15, 0.2) is 0 Å². The van der Waals surface area contributed by atoms with Gasteiger partial charge in [-0.05, 0) is 56.7 Å². The second-order valence-corrected chi connectivity index (χ2v) is 9.79. The number of rotatable bonds is 5. The molecule has 2 heterocycles. The van der Waals surface area contributed by atoms with Crippen LogP contribution in [0.25, 0.3) is 5.69 Å². The number of nitrogens with zero attached hydrogens (tertiary/aromatic N) is 3. The Labute approximate surface area is 187 Å². The van der Waals surface area contributed by atoms with E-state index in [1.165, 1.54) is 27.3 Å². The summed E-state index contributed by atoms with van der Waals surface area (Å²) in [5, 5.41) is 3.11. The number of H-pyrrole nitrogens is 1. The highest BCUT2D eigenvalue weighted by Gasteiger charge is 2.26. The fourth-order valence-corrected chi connectivity index (χ4v) is 5.12. The van der Waals surface area contributed by atoms with Gasteiger partial charge in [0.05, 0.1) is 35.0 Å². The molecule has 8 nitrogen and oxygen atoms in total. The molecule has 1 aromatic heterocycles. The molecule has 9 heteroatoms. The summed E-state index contributed by atoms with van der Waals surface area (Å²) in [5.41, 5.74) is 4.44. The van der Waals surface area contributed by atoms with Crippen LogP contribution in [-0.4, -0.2) is 55.0 Å². The molecule has 0 amide bonds. The van der Waals surface area contributed by atoms with Gasteiger partial charge in [0.25, 0.3) is 5.56 Å². The normalized spacial score (nSPS) is 15.5. The van der Waals surface area contributed by atoms with Crippen LogP contribution in [0.1, 0.15) is 22.4 Å². The lowest BCUT2D eigenvalue weighted by Gasteiger charge is -2.26. The average Bonchev–Trinajstić information content (AvgIpc) is 3.06. The smallest absolute Gasteiger partial charge is 0.280 e. The van der Waals surface area contributed by atoms with E-state index in [1.54, 1.807) is 12.1 Å². The van der Waals surface area contributed by atoms with Crippen molar-refractivity contribution in [3.63, 3.8) is 0 Å². The first-order valence-corrected chi connectivity index (χ1v) is 11.8. The van der Waals surface area contributed by atoms with Gasteiger partial charge in [0, 0.05) is 25.0 Å². The maximum Gasteiger partial charge on any atom is 0.280 e. The minimum absolute atomic E-state index is 0.190. The van der Waals surface area contributed by atoms with Gasteiger partial charge in [-0.15, -0.1) is 0 Å². The Balaban J connectivity index is 1.57. The summed E-state index contributed by atoms with van der Waals surface area (Å²) in [6.45, 7) is 7.29. The van der Waals surface area contributed by atoms with Crippen LogP contribution in [0, 0.1) is 20.8 Å². The van der Waals surface area contributed by atoms with Crippen molar-refractivity contribution >= 4 is 21.9 Å². The van der Waals surface area contributed by atoms with E-state index in [9.17, 15) is 13.2 Å². The molecule has 0 radical (unpaired) electrons. The number of aliphatic imine (C=N–C) groups is 1. The van der Waals surface area contributed by atoms with Crippen LogP contribution in [0.15, 0.2) is 57.1 Å². The quantitative estimate of drug-likeness (QED) is 0.600. The van der Waals surface area contributed by atoms with Crippen LogP contribution in [0.5, 0.6) is 0 Å². The van der Waals surface area contributed by atoms with Crippen LogP contribution < -0.4 is 5.56 Å². The number of ether oxygens (including phenoxy) is 1. The fourth-order valence-electron chi connectivity index (χ4n) is 3.72. The molecule has 3 aromatic rings. The maximum atomic E-state index is 13.0. The largest absolute Gasteiger partial charge is 0.379 e. The molecule has 32 heavy (non-hydrogen) atoms. The zero-order chi connectivity index (χ0) is 22.9. The highest BCUT2D eigenvalue weighted by atomic mass is 32.2. The third-order valence-electron chi connectivity index (χ3n) is 5.50. The Morgan fingerprint density at radius 3 is 2.38 bits per heavy atom. The first kappa shape index (κ1) is 22.2. The molecule has 0 aliphatic carbocycles. The third kappa shape index (κ3) is 4.32. The zero-order valence-electron chi connectivity index (χ0n) is 18.3. The minimum Gasteiger partial charge on any atom is -0.379 e. The lowest BCUT2D eigenvalue weighted by atomic mass is 10.1. The number of hydrogen-bond donors (Lipinski definition) is 1. The highest BCUT2D eigenvalue weighted by molar-refractivity contribution is 7.89. The van der Waals surface area contributed by atoms with E-state index in [1.807, 2.05) is 39.0 Å². The number of aromatic amines is 1. The number of morpholine rings is 1. The molecule has 0 spiro atoms. The van der Waals surface area contributed by atoms with Gasteiger partial charge in [-0.2, -0.15) is 4.31 Å². The molecule has 0 saturated carbocycles. The standard InChI is InChI=1S/C23H26N4O4S/c1-16-4-9-22(17(2)14-16)27-23(28)21(18(3)25-27)15-24-19-5-7-20(8-6-19)32(29,30)26-10-12-31-13-11-26/h4-9,14-15,25H,10-13H2,1-3H3. The number of sulfonamides is 1. The van der Waals surface area contributed by atoms with Gasteiger partial charge in [0.1, 0.15) is 0 Å². The van der Waals surface area contributed by atoms with Crippen LogP contribution in [-0.2, 0) is 14.8 Å². The molecule has 0 unspecified atom stereocenters. The molecular weight excluding hydrogens is 428 g/mol. The number of benzene rings is 2. The van der Waals surface area contributed by atoms with Gasteiger partial charge in [0.2, 0.25) is 10.0 Å². The third-order valence-corrected chi connectivity index (χ3v) is 7.41. The van der Waals surface area contributed by atoms with E-state index in [0.29, 0.717) is 43.2 Å². The minimum atomic E-state index is -3.55. The molecule has 4 rings (SSSR count). The summed E-state index contributed by atoms with van der Waals surface area (Å²) in [4.78, 5) is 17.6. The van der Waals surface area contributed by atoms with E-state index in [0.717, 1.165) is 16.8 Å². The number of hydrogen-bond acceptors (Lipinski definition) is 5.